The number of hydrogen-bond acceptors (Lipinski definition) is 5. The van der Waals surface area contributed by atoms with Crippen LogP contribution in [0.1, 0.15) is 29.4 Å². The normalized spacial score (nSPS) is 10.1. The van der Waals surface area contributed by atoms with Crippen LogP contribution in [-0.2, 0) is 11.3 Å². The van der Waals surface area contributed by atoms with Crippen LogP contribution < -0.4 is 10.6 Å². The molecule has 0 aliphatic carbocycles. The highest BCUT2D eigenvalue weighted by Crippen LogP contribution is 2.02. The summed E-state index contributed by atoms with van der Waals surface area (Å²) in [6, 6.07) is 0. The summed E-state index contributed by atoms with van der Waals surface area (Å²) in [5.74, 6) is -1.20. The van der Waals surface area contributed by atoms with Crippen molar-refractivity contribution in [3.63, 3.8) is 0 Å². The first-order valence-corrected chi connectivity index (χ1v) is 5.64. The molecule has 0 radical (unpaired) electrons. The number of aromatic carboxylic acids is 1. The smallest absolute Gasteiger partial charge is 0.339 e. The topological polar surface area (TPSA) is 104 Å². The highest BCUT2D eigenvalue weighted by Gasteiger charge is 2.11. The van der Waals surface area contributed by atoms with Crippen LogP contribution in [0.2, 0.25) is 0 Å². The molecule has 0 aliphatic rings. The van der Waals surface area contributed by atoms with E-state index in [1.54, 1.807) is 0 Å². The van der Waals surface area contributed by atoms with E-state index in [2.05, 4.69) is 20.6 Å². The van der Waals surface area contributed by atoms with E-state index < -0.39 is 5.97 Å². The molecule has 0 atom stereocenters. The Morgan fingerprint density at radius 1 is 1.44 bits per heavy atom. The number of hydrogen-bond donors (Lipinski definition) is 3. The second-order valence-corrected chi connectivity index (χ2v) is 3.64. The van der Waals surface area contributed by atoms with Crippen molar-refractivity contribution in [1.29, 1.82) is 0 Å². The molecule has 1 aromatic rings. The van der Waals surface area contributed by atoms with E-state index in [-0.39, 0.29) is 24.6 Å². The number of carbonyl (C=O) groups is 2. The highest BCUT2D eigenvalue weighted by atomic mass is 16.4. The molecule has 0 unspecified atom stereocenters. The quantitative estimate of drug-likeness (QED) is 0.620. The Hall–Kier alpha value is -2.02. The molecule has 3 N–H and O–H groups in total. The van der Waals surface area contributed by atoms with Gasteiger partial charge in [0.2, 0.25) is 5.91 Å². The van der Waals surface area contributed by atoms with Gasteiger partial charge in [-0.05, 0) is 6.42 Å². The van der Waals surface area contributed by atoms with Crippen LogP contribution in [0, 0.1) is 0 Å². The number of nitrogens with zero attached hydrogens (tertiary/aromatic N) is 2. The predicted octanol–water partition coefficient (Wildman–Crippen LogP) is -0.209. The molecular weight excluding hydrogens is 236 g/mol. The largest absolute Gasteiger partial charge is 0.478 e. The van der Waals surface area contributed by atoms with Gasteiger partial charge < -0.3 is 15.7 Å². The van der Waals surface area contributed by atoms with Gasteiger partial charge in [-0.25, -0.2) is 14.8 Å². The van der Waals surface area contributed by atoms with E-state index in [1.807, 2.05) is 6.92 Å². The minimum absolute atomic E-state index is 0.0407. The fourth-order valence-electron chi connectivity index (χ4n) is 1.30. The highest BCUT2D eigenvalue weighted by molar-refractivity contribution is 5.88. The zero-order valence-electron chi connectivity index (χ0n) is 10.1. The summed E-state index contributed by atoms with van der Waals surface area (Å²) in [5.41, 5.74) is 0.403. The van der Waals surface area contributed by atoms with Crippen molar-refractivity contribution >= 4 is 11.9 Å². The Labute approximate surface area is 105 Å². The first-order valence-electron chi connectivity index (χ1n) is 5.64. The van der Waals surface area contributed by atoms with Gasteiger partial charge >= 0.3 is 5.97 Å². The van der Waals surface area contributed by atoms with Crippen molar-refractivity contribution in [2.45, 2.75) is 19.9 Å². The first-order chi connectivity index (χ1) is 8.65. The van der Waals surface area contributed by atoms with Crippen LogP contribution in [-0.4, -0.2) is 40.0 Å². The third-order valence-electron chi connectivity index (χ3n) is 2.18. The minimum Gasteiger partial charge on any atom is -0.478 e. The Morgan fingerprint density at radius 3 is 2.89 bits per heavy atom. The fourth-order valence-corrected chi connectivity index (χ4v) is 1.30. The lowest BCUT2D eigenvalue weighted by Gasteiger charge is -2.06. The summed E-state index contributed by atoms with van der Waals surface area (Å²) in [4.78, 5) is 29.7. The van der Waals surface area contributed by atoms with E-state index in [1.165, 1.54) is 12.5 Å². The summed E-state index contributed by atoms with van der Waals surface area (Å²) in [6.45, 7) is 2.94. The van der Waals surface area contributed by atoms with E-state index in [0.29, 0.717) is 12.2 Å². The van der Waals surface area contributed by atoms with E-state index in [0.717, 1.165) is 6.42 Å². The van der Waals surface area contributed by atoms with E-state index in [9.17, 15) is 9.59 Å². The second-order valence-electron chi connectivity index (χ2n) is 3.64. The molecule has 1 amide bonds. The average molecular weight is 252 g/mol. The number of amides is 1. The average Bonchev–Trinajstić information content (AvgIpc) is 2.36. The predicted molar refractivity (Wildman–Crippen MR) is 64.0 cm³/mol. The first kappa shape index (κ1) is 14.0. The lowest BCUT2D eigenvalue weighted by atomic mass is 10.2. The molecule has 7 heteroatoms. The molecule has 1 rings (SSSR count). The third-order valence-corrected chi connectivity index (χ3v) is 2.18. The van der Waals surface area contributed by atoms with Gasteiger partial charge in [-0.2, -0.15) is 0 Å². The molecule has 1 heterocycles. The van der Waals surface area contributed by atoms with Crippen LogP contribution in [0.4, 0.5) is 0 Å². The maximum absolute atomic E-state index is 11.3. The van der Waals surface area contributed by atoms with Gasteiger partial charge in [0.15, 0.2) is 0 Å². The van der Waals surface area contributed by atoms with Crippen LogP contribution in [0.25, 0.3) is 0 Å². The number of carboxylic acids is 1. The Morgan fingerprint density at radius 2 is 2.22 bits per heavy atom. The molecule has 7 nitrogen and oxygen atoms in total. The zero-order valence-corrected chi connectivity index (χ0v) is 10.1. The zero-order chi connectivity index (χ0) is 13.4. The van der Waals surface area contributed by atoms with Crippen molar-refractivity contribution in [1.82, 2.24) is 20.6 Å². The Bertz CT molecular complexity index is 423. The van der Waals surface area contributed by atoms with Crippen molar-refractivity contribution in [3.8, 4) is 0 Å². The van der Waals surface area contributed by atoms with Gasteiger partial charge in [0.1, 0.15) is 11.9 Å². The molecule has 0 spiro atoms. The van der Waals surface area contributed by atoms with Crippen molar-refractivity contribution < 1.29 is 14.7 Å². The Balaban J connectivity index is 2.44. The lowest BCUT2D eigenvalue weighted by Crippen LogP contribution is -2.34. The minimum atomic E-state index is -1.08. The van der Waals surface area contributed by atoms with Gasteiger partial charge in [-0.3, -0.25) is 4.79 Å². The molecule has 0 saturated heterocycles. The molecule has 1 aromatic heterocycles. The lowest BCUT2D eigenvalue weighted by molar-refractivity contribution is -0.120. The number of aromatic nitrogens is 2. The van der Waals surface area contributed by atoms with Crippen molar-refractivity contribution in [3.05, 3.63) is 23.8 Å². The number of nitrogens with one attached hydrogen (secondary N) is 2. The Kier molecular flexibility index (Phi) is 5.72. The maximum atomic E-state index is 11.3. The SMILES string of the molecule is CCCNC(=O)CNCc1ncncc1C(=O)O. The second kappa shape index (κ2) is 7.33. The van der Waals surface area contributed by atoms with Gasteiger partial charge in [0.05, 0.1) is 12.2 Å². The van der Waals surface area contributed by atoms with Gasteiger partial charge in [0, 0.05) is 19.3 Å². The summed E-state index contributed by atoms with van der Waals surface area (Å²) < 4.78 is 0. The molecule has 0 bridgehead atoms. The number of rotatable bonds is 7. The third kappa shape index (κ3) is 4.46. The van der Waals surface area contributed by atoms with Crippen molar-refractivity contribution in [2.24, 2.45) is 0 Å². The number of carbonyl (C=O) groups excluding carboxylic acids is 1. The van der Waals surface area contributed by atoms with Gasteiger partial charge in [-0.1, -0.05) is 6.92 Å². The van der Waals surface area contributed by atoms with Crippen LogP contribution >= 0.6 is 0 Å². The summed E-state index contributed by atoms with van der Waals surface area (Å²) in [5, 5.41) is 14.4. The standard InChI is InChI=1S/C11H16N4O3/c1-2-3-14-10(16)6-12-5-9-8(11(17)18)4-13-7-15-9/h4,7,12H,2-3,5-6H2,1H3,(H,14,16)(H,17,18). The number of carboxylic acid groups (broad SMARTS) is 1. The van der Waals surface area contributed by atoms with E-state index >= 15 is 0 Å². The summed E-state index contributed by atoms with van der Waals surface area (Å²) in [7, 11) is 0. The molecule has 18 heavy (non-hydrogen) atoms. The van der Waals surface area contributed by atoms with Crippen LogP contribution in [0.3, 0.4) is 0 Å². The summed E-state index contributed by atoms with van der Waals surface area (Å²) in [6.07, 6.45) is 3.39. The van der Waals surface area contributed by atoms with Gasteiger partial charge in [0.25, 0.3) is 0 Å². The monoisotopic (exact) mass is 252 g/mol. The molecule has 0 aromatic carbocycles. The molecule has 98 valence electrons. The van der Waals surface area contributed by atoms with Crippen molar-refractivity contribution in [2.75, 3.05) is 13.1 Å². The molecular formula is C11H16N4O3. The maximum Gasteiger partial charge on any atom is 0.339 e. The molecule has 0 fully saturated rings. The van der Waals surface area contributed by atoms with Crippen LogP contribution in [0.15, 0.2) is 12.5 Å². The molecule has 0 aliphatic heterocycles. The summed E-state index contributed by atoms with van der Waals surface area (Å²) >= 11 is 0. The fraction of sp³-hybridized carbons (Fsp3) is 0.455. The van der Waals surface area contributed by atoms with E-state index in [4.69, 9.17) is 5.11 Å². The van der Waals surface area contributed by atoms with Gasteiger partial charge in [-0.15, -0.1) is 0 Å². The molecule has 0 saturated carbocycles. The van der Waals surface area contributed by atoms with Crippen LogP contribution in [0.5, 0.6) is 0 Å².